The van der Waals surface area contributed by atoms with E-state index < -0.39 is 29.2 Å². The van der Waals surface area contributed by atoms with Gasteiger partial charge in [0.1, 0.15) is 0 Å². The lowest BCUT2D eigenvalue weighted by molar-refractivity contribution is -0.138. The number of nitrogens with zero attached hydrogens (tertiary/aromatic N) is 2. The lowest BCUT2D eigenvalue weighted by atomic mass is 9.82. The lowest BCUT2D eigenvalue weighted by Crippen LogP contribution is -2.62. The molecule has 2 amide bonds. The number of carboxylic acid groups (broad SMARTS) is 1. The van der Waals surface area contributed by atoms with Gasteiger partial charge in [0.25, 0.3) is 5.91 Å². The van der Waals surface area contributed by atoms with Crippen molar-refractivity contribution in [3.05, 3.63) is 106 Å². The summed E-state index contributed by atoms with van der Waals surface area (Å²) in [5.41, 5.74) is 5.70. The summed E-state index contributed by atoms with van der Waals surface area (Å²) in [7, 11) is 0. The summed E-state index contributed by atoms with van der Waals surface area (Å²) in [5.74, 6) is -5.26. The number of nitrogens with one attached hydrogen (secondary N) is 1. The van der Waals surface area contributed by atoms with Gasteiger partial charge in [-0.2, -0.15) is 4.39 Å². The minimum absolute atomic E-state index is 0.00128. The van der Waals surface area contributed by atoms with Crippen LogP contribution in [0.15, 0.2) is 66.2 Å². The molecule has 11 heteroatoms. The van der Waals surface area contributed by atoms with Crippen LogP contribution in [0.5, 0.6) is 5.75 Å². The molecule has 2 aliphatic heterocycles. The van der Waals surface area contributed by atoms with E-state index in [9.17, 15) is 27.6 Å². The molecule has 2 fully saturated rings. The molecule has 1 aliphatic carbocycles. The second kappa shape index (κ2) is 15.5. The fourth-order valence-corrected chi connectivity index (χ4v) is 6.96. The van der Waals surface area contributed by atoms with E-state index in [0.29, 0.717) is 44.5 Å². The van der Waals surface area contributed by atoms with Crippen LogP contribution in [0, 0.1) is 24.4 Å². The predicted molar refractivity (Wildman–Crippen MR) is 182 cm³/mol. The molecule has 2 heterocycles. The third-order valence-electron chi connectivity index (χ3n) is 9.78. The number of aliphatic carboxylic acids is 1. The number of carbonyl (C=O) groups is 3. The van der Waals surface area contributed by atoms with E-state index >= 15 is 0 Å². The first-order valence-electron chi connectivity index (χ1n) is 17.3. The molecular weight excluding hydrogens is 647 g/mol. The van der Waals surface area contributed by atoms with Crippen LogP contribution in [-0.4, -0.2) is 70.5 Å². The van der Waals surface area contributed by atoms with Crippen LogP contribution in [0.3, 0.4) is 0 Å². The highest BCUT2D eigenvalue weighted by atomic mass is 19.2. The Morgan fingerprint density at radius 2 is 1.68 bits per heavy atom. The molecule has 1 saturated heterocycles. The van der Waals surface area contributed by atoms with Crippen molar-refractivity contribution >= 4 is 23.4 Å². The second-order valence-corrected chi connectivity index (χ2v) is 13.5. The molecule has 50 heavy (non-hydrogen) atoms. The van der Waals surface area contributed by atoms with Gasteiger partial charge in [-0.05, 0) is 85.4 Å². The maximum Gasteiger partial charge on any atom is 0.303 e. The van der Waals surface area contributed by atoms with Crippen LogP contribution in [0.2, 0.25) is 0 Å². The standard InChI is InChI=1S/C39H42F3N3O5/c1-24-6-2-3-8-27(24)21-45(29-15-16-29)39(49)36-30(20-28-22-44(23-33(36)43-28)34(46)9-4-10-35(47)48)26-13-11-25(12-14-26)7-5-19-50-38-32(41)18-17-31(40)37(38)42/h2-3,6,8,11-14,17-18,28-29,33,43H,4-5,7,9-10,15-16,19-23H2,1H3,(H,47,48)/t28-,33-/m1/s1. The van der Waals surface area contributed by atoms with E-state index in [-0.39, 0.29) is 55.8 Å². The van der Waals surface area contributed by atoms with Crippen molar-refractivity contribution in [2.75, 3.05) is 19.7 Å². The lowest BCUT2D eigenvalue weighted by Gasteiger charge is -2.45. The number of benzene rings is 3. The Bertz CT molecular complexity index is 1770. The molecule has 1 saturated carbocycles. The Kier molecular flexibility index (Phi) is 10.9. The van der Waals surface area contributed by atoms with E-state index in [1.165, 1.54) is 0 Å². The highest BCUT2D eigenvalue weighted by Gasteiger charge is 2.43. The third-order valence-corrected chi connectivity index (χ3v) is 9.78. The molecule has 8 nitrogen and oxygen atoms in total. The molecule has 2 N–H and O–H groups in total. The quantitative estimate of drug-likeness (QED) is 0.155. The van der Waals surface area contributed by atoms with Gasteiger partial charge in [-0.1, -0.05) is 48.5 Å². The molecule has 0 aromatic heterocycles. The summed E-state index contributed by atoms with van der Waals surface area (Å²) in [6, 6.07) is 17.2. The van der Waals surface area contributed by atoms with Crippen molar-refractivity contribution in [3.63, 3.8) is 0 Å². The first-order chi connectivity index (χ1) is 24.1. The first-order valence-corrected chi connectivity index (χ1v) is 17.3. The fraction of sp³-hybridized carbons (Fsp3) is 0.410. The van der Waals surface area contributed by atoms with E-state index in [1.807, 2.05) is 54.3 Å². The Morgan fingerprint density at radius 3 is 2.40 bits per heavy atom. The molecule has 3 aliphatic rings. The van der Waals surface area contributed by atoms with Crippen molar-refractivity contribution < 1.29 is 37.4 Å². The number of carbonyl (C=O) groups excluding carboxylic acids is 2. The van der Waals surface area contributed by atoms with E-state index in [1.54, 1.807) is 4.90 Å². The molecule has 0 radical (unpaired) electrons. The third kappa shape index (κ3) is 8.21. The Balaban J connectivity index is 1.22. The van der Waals surface area contributed by atoms with Crippen LogP contribution in [0.1, 0.15) is 67.2 Å². The number of ether oxygens (including phenoxy) is 1. The summed E-state index contributed by atoms with van der Waals surface area (Å²) in [4.78, 5) is 42.7. The maximum atomic E-state index is 14.7. The normalized spacial score (nSPS) is 18.6. The molecule has 0 unspecified atom stereocenters. The Labute approximate surface area is 289 Å². The number of rotatable bonds is 14. The number of aryl methyl sites for hydroxylation is 2. The van der Waals surface area contributed by atoms with Crippen LogP contribution >= 0.6 is 0 Å². The summed E-state index contributed by atoms with van der Waals surface area (Å²) < 4.78 is 46.6. The highest BCUT2D eigenvalue weighted by molar-refractivity contribution is 6.03. The fourth-order valence-electron chi connectivity index (χ4n) is 6.96. The minimum Gasteiger partial charge on any atom is -0.488 e. The SMILES string of the molecule is Cc1ccccc1CN(C(=O)C1=C(c2ccc(CCCOc3c(F)ccc(F)c3F)cc2)C[C@@H]2CN(C(=O)CCCC(=O)O)C[C@H]1N2)C1CC1. The molecule has 3 aromatic carbocycles. The van der Waals surface area contributed by atoms with Gasteiger partial charge in [-0.15, -0.1) is 0 Å². The van der Waals surface area contributed by atoms with Gasteiger partial charge in [0.05, 0.1) is 12.6 Å². The summed E-state index contributed by atoms with van der Waals surface area (Å²) in [6.07, 6.45) is 3.76. The molecule has 6 rings (SSSR count). The van der Waals surface area contributed by atoms with Crippen molar-refractivity contribution in [1.82, 2.24) is 15.1 Å². The number of hydrogen-bond acceptors (Lipinski definition) is 5. The summed E-state index contributed by atoms with van der Waals surface area (Å²) in [5, 5.41) is 12.7. The first kappa shape index (κ1) is 35.2. The van der Waals surface area contributed by atoms with Crippen LogP contribution in [-0.2, 0) is 27.3 Å². The van der Waals surface area contributed by atoms with Gasteiger partial charge in [0.2, 0.25) is 11.7 Å². The smallest absolute Gasteiger partial charge is 0.303 e. The van der Waals surface area contributed by atoms with Crippen LogP contribution in [0.4, 0.5) is 13.2 Å². The topological polar surface area (TPSA) is 99.2 Å². The number of halogens is 3. The number of hydrogen-bond donors (Lipinski definition) is 2. The van der Waals surface area contributed by atoms with Crippen LogP contribution in [0.25, 0.3) is 5.57 Å². The van der Waals surface area contributed by atoms with Crippen molar-refractivity contribution in [3.8, 4) is 5.75 Å². The molecule has 2 atom stereocenters. The van der Waals surface area contributed by atoms with Gasteiger partial charge in [0, 0.05) is 50.1 Å². The van der Waals surface area contributed by atoms with E-state index in [0.717, 1.165) is 52.8 Å². The van der Waals surface area contributed by atoms with Crippen molar-refractivity contribution in [1.29, 1.82) is 0 Å². The zero-order valence-corrected chi connectivity index (χ0v) is 28.1. The van der Waals surface area contributed by atoms with Crippen molar-refractivity contribution in [2.24, 2.45) is 0 Å². The van der Waals surface area contributed by atoms with Gasteiger partial charge >= 0.3 is 5.97 Å². The zero-order valence-electron chi connectivity index (χ0n) is 28.1. The monoisotopic (exact) mass is 689 g/mol. The van der Waals surface area contributed by atoms with Gasteiger partial charge in [-0.3, -0.25) is 14.4 Å². The van der Waals surface area contributed by atoms with E-state index in [4.69, 9.17) is 9.84 Å². The molecular formula is C39H42F3N3O5. The van der Waals surface area contributed by atoms with Crippen LogP contribution < -0.4 is 10.1 Å². The maximum absolute atomic E-state index is 14.7. The number of piperazine rings is 1. The largest absolute Gasteiger partial charge is 0.488 e. The Morgan fingerprint density at radius 1 is 0.940 bits per heavy atom. The summed E-state index contributed by atoms with van der Waals surface area (Å²) in [6.45, 7) is 3.32. The molecule has 3 aromatic rings. The van der Waals surface area contributed by atoms with Gasteiger partial charge < -0.3 is 25.0 Å². The highest BCUT2D eigenvalue weighted by Crippen LogP contribution is 2.38. The second-order valence-electron chi connectivity index (χ2n) is 13.5. The van der Waals surface area contributed by atoms with E-state index in [2.05, 4.69) is 11.4 Å². The minimum atomic E-state index is -1.34. The molecule has 2 bridgehead atoms. The summed E-state index contributed by atoms with van der Waals surface area (Å²) >= 11 is 0. The average molecular weight is 690 g/mol. The zero-order chi connectivity index (χ0) is 35.4. The van der Waals surface area contributed by atoms with Gasteiger partial charge in [0.15, 0.2) is 17.4 Å². The number of carboxylic acids is 1. The van der Waals surface area contributed by atoms with Crippen molar-refractivity contribution in [2.45, 2.75) is 83.0 Å². The number of amides is 2. The average Bonchev–Trinajstić information content (AvgIpc) is 3.94. The molecule has 0 spiro atoms. The van der Waals surface area contributed by atoms with Gasteiger partial charge in [-0.25, -0.2) is 8.78 Å². The number of fused-ring (bicyclic) bond motifs is 2. The Hall–Kier alpha value is -4.64. The molecule has 264 valence electrons. The predicted octanol–water partition coefficient (Wildman–Crippen LogP) is 6.20.